The Morgan fingerprint density at radius 1 is 0.289 bits per heavy atom. The molecule has 0 amide bonds. The molecule has 5 nitrogen and oxygen atoms in total. The molecule has 0 aliphatic heterocycles. The fourth-order valence-electron chi connectivity index (χ4n) is 13.9. The van der Waals surface area contributed by atoms with Gasteiger partial charge < -0.3 is 22.2 Å². The molecule has 0 N–H and O–H groups in total. The van der Waals surface area contributed by atoms with Crippen LogP contribution in [0, 0.1) is 0 Å². The van der Waals surface area contributed by atoms with Gasteiger partial charge in [0.25, 0.3) is 0 Å². The number of halogens is 1. The summed E-state index contributed by atoms with van der Waals surface area (Å²) >= 11 is 3.43. The Kier molecular flexibility index (Phi) is 9.94. The summed E-state index contributed by atoms with van der Waals surface area (Å²) in [6.07, 6.45) is 0.924. The van der Waals surface area contributed by atoms with E-state index < -0.39 is 0 Å². The van der Waals surface area contributed by atoms with Gasteiger partial charge in [-0.1, -0.05) is 210 Å². The number of para-hydroxylation sites is 4. The summed E-state index contributed by atoms with van der Waals surface area (Å²) in [5.74, 6) is 0. The lowest BCUT2D eigenvalue weighted by Gasteiger charge is -2.11. The molecule has 0 saturated carbocycles. The average Bonchev–Trinajstić information content (AvgIpc) is 2.08. The molecule has 5 heterocycles. The number of furan rings is 4. The van der Waals surface area contributed by atoms with Gasteiger partial charge in [-0.3, -0.25) is 0 Å². The Hall–Kier alpha value is -10.4. The molecule has 1 aliphatic rings. The Morgan fingerprint density at radius 2 is 0.735 bits per heavy atom. The number of hydrogen-bond donors (Lipinski definition) is 0. The Morgan fingerprint density at radius 3 is 1.40 bits per heavy atom. The maximum Gasteiger partial charge on any atom is 0.160 e. The molecule has 19 aromatic rings. The zero-order valence-corrected chi connectivity index (χ0v) is 46.0. The highest BCUT2D eigenvalue weighted by Gasteiger charge is 2.29. The second-order valence-corrected chi connectivity index (χ2v) is 22.7. The SMILES string of the molecule is Brc1ccc2c(c1)oc1ccccc12.c1ccc2c(c1)ccc1c3c4ccccc4c4c5ccccc5oc4c3n(-c3ccc4c(c3)oc3ccccc34)c21.c1ccc2c3c(ccc2c1)-c1c(c2oc4ccccc4c2c2ccccc12)C3. The summed E-state index contributed by atoms with van der Waals surface area (Å²) in [7, 11) is 0. The number of hydrogen-bond acceptors (Lipinski definition) is 4. The van der Waals surface area contributed by atoms with Gasteiger partial charge in [0, 0.05) is 81.8 Å². The third-order valence-corrected chi connectivity index (χ3v) is 17.9. The van der Waals surface area contributed by atoms with Gasteiger partial charge in [-0.2, -0.15) is 0 Å². The minimum Gasteiger partial charge on any atom is -0.456 e. The maximum absolute atomic E-state index is 6.77. The number of benzene rings is 14. The molecule has 0 radical (unpaired) electrons. The van der Waals surface area contributed by atoms with Crippen LogP contribution in [0.4, 0.5) is 0 Å². The Bertz CT molecular complexity index is 5950. The third kappa shape index (κ3) is 6.81. The van der Waals surface area contributed by atoms with E-state index >= 15 is 0 Å². The van der Waals surface area contributed by atoms with Gasteiger partial charge in [-0.05, 0) is 109 Å². The van der Waals surface area contributed by atoms with E-state index in [0.717, 1.165) is 88.3 Å². The zero-order chi connectivity index (χ0) is 54.4. The van der Waals surface area contributed by atoms with Crippen LogP contribution in [0.3, 0.4) is 0 Å². The fraction of sp³-hybridized carbons (Fsp3) is 0.0130. The highest BCUT2D eigenvalue weighted by molar-refractivity contribution is 9.10. The quantitative estimate of drug-likeness (QED) is 0.164. The first kappa shape index (κ1) is 46.4. The van der Waals surface area contributed by atoms with Crippen molar-refractivity contribution in [3.05, 3.63) is 270 Å². The van der Waals surface area contributed by atoms with Crippen molar-refractivity contribution in [1.29, 1.82) is 0 Å². The molecule has 0 saturated heterocycles. The number of rotatable bonds is 1. The topological polar surface area (TPSA) is 57.5 Å². The molecule has 83 heavy (non-hydrogen) atoms. The standard InChI is InChI=1S/C38H21NO2.C27H16O.C12H7BrO/c1-2-10-24-22(9-1)17-19-30-34-27-12-3-4-13-28(27)35-29-14-6-8-16-32(29)41-38(35)37(34)39(36(24)30)23-18-20-26-25-11-5-7-15-31(25)40-33(26)21-23;1-2-8-17-16(7-1)13-14-20-22(17)15-23-25(20)18-9-3-4-10-19(18)26-21-11-5-6-12-24(21)28-27(23)26;13-8-5-6-10-9-3-1-2-4-11(9)14-12(10)7-8/h1-21H;1-14H,15H2;1-7H. The lowest BCUT2D eigenvalue weighted by atomic mass is 9.93. The molecule has 6 heteroatoms. The van der Waals surface area contributed by atoms with Crippen LogP contribution in [0.25, 0.3) is 169 Å². The van der Waals surface area contributed by atoms with Gasteiger partial charge >= 0.3 is 0 Å². The molecule has 0 spiro atoms. The summed E-state index contributed by atoms with van der Waals surface area (Å²) in [5.41, 5.74) is 16.2. The first-order valence-electron chi connectivity index (χ1n) is 28.1. The van der Waals surface area contributed by atoms with Crippen molar-refractivity contribution in [3.8, 4) is 16.8 Å². The van der Waals surface area contributed by atoms with E-state index in [1.807, 2.05) is 48.5 Å². The van der Waals surface area contributed by atoms with Gasteiger partial charge in [-0.25, -0.2) is 0 Å². The second-order valence-electron chi connectivity index (χ2n) is 21.8. The van der Waals surface area contributed by atoms with Crippen molar-refractivity contribution in [2.24, 2.45) is 0 Å². The molecule has 388 valence electrons. The van der Waals surface area contributed by atoms with E-state index in [1.54, 1.807) is 0 Å². The molecule has 0 bridgehead atoms. The van der Waals surface area contributed by atoms with Crippen molar-refractivity contribution in [2.45, 2.75) is 6.42 Å². The first-order chi connectivity index (χ1) is 41.1. The van der Waals surface area contributed by atoms with Gasteiger partial charge in [0.05, 0.1) is 16.7 Å². The van der Waals surface area contributed by atoms with Gasteiger partial charge in [0.2, 0.25) is 0 Å². The van der Waals surface area contributed by atoms with Gasteiger partial charge in [0.15, 0.2) is 5.58 Å². The average molecular weight is 1130 g/mol. The summed E-state index contributed by atoms with van der Waals surface area (Å²) in [6.45, 7) is 0. The summed E-state index contributed by atoms with van der Waals surface area (Å²) in [6, 6.07) is 89.7. The molecule has 0 atom stereocenters. The van der Waals surface area contributed by atoms with E-state index in [9.17, 15) is 0 Å². The monoisotopic (exact) mass is 1130 g/mol. The third-order valence-electron chi connectivity index (χ3n) is 17.4. The lowest BCUT2D eigenvalue weighted by molar-refractivity contribution is 0.665. The molecule has 20 rings (SSSR count). The smallest absolute Gasteiger partial charge is 0.160 e. The predicted molar refractivity (Wildman–Crippen MR) is 349 cm³/mol. The Labute approximate surface area is 481 Å². The summed E-state index contributed by atoms with van der Waals surface area (Å²) in [5, 5.41) is 21.9. The van der Waals surface area contributed by atoms with Gasteiger partial charge in [-0.15, -0.1) is 0 Å². The van der Waals surface area contributed by atoms with Crippen molar-refractivity contribution in [1.82, 2.24) is 4.57 Å². The molecule has 1 aliphatic carbocycles. The van der Waals surface area contributed by atoms with Crippen LogP contribution in [0.1, 0.15) is 11.1 Å². The van der Waals surface area contributed by atoms with E-state index in [0.29, 0.717) is 0 Å². The van der Waals surface area contributed by atoms with Gasteiger partial charge in [0.1, 0.15) is 39.1 Å². The largest absolute Gasteiger partial charge is 0.456 e. The Balaban J connectivity index is 0.000000107. The van der Waals surface area contributed by atoms with Crippen molar-refractivity contribution >= 4 is 169 Å². The minimum atomic E-state index is 0.876. The van der Waals surface area contributed by atoms with Crippen molar-refractivity contribution in [3.63, 3.8) is 0 Å². The molecular weight excluding hydrogens is 1080 g/mol. The number of aromatic nitrogens is 1. The molecule has 0 unspecified atom stereocenters. The van der Waals surface area contributed by atoms with E-state index in [1.165, 1.54) is 103 Å². The minimum absolute atomic E-state index is 0.876. The molecule has 5 aromatic heterocycles. The van der Waals surface area contributed by atoms with Crippen molar-refractivity contribution < 1.29 is 17.7 Å². The zero-order valence-electron chi connectivity index (χ0n) is 44.4. The van der Waals surface area contributed by atoms with Crippen LogP contribution < -0.4 is 0 Å². The van der Waals surface area contributed by atoms with Crippen LogP contribution in [0.15, 0.2) is 277 Å². The van der Waals surface area contributed by atoms with Crippen LogP contribution in [0.5, 0.6) is 0 Å². The predicted octanol–water partition coefficient (Wildman–Crippen LogP) is 22.7. The second kappa shape index (κ2) is 17.8. The van der Waals surface area contributed by atoms with Crippen LogP contribution in [0.2, 0.25) is 0 Å². The molecule has 14 aromatic carbocycles. The maximum atomic E-state index is 6.77. The highest BCUT2D eigenvalue weighted by atomic mass is 79.9. The summed E-state index contributed by atoms with van der Waals surface area (Å²) < 4.78 is 28.7. The normalized spacial score (nSPS) is 12.3. The lowest BCUT2D eigenvalue weighted by Crippen LogP contribution is -1.95. The first-order valence-corrected chi connectivity index (χ1v) is 28.9. The number of nitrogens with zero attached hydrogens (tertiary/aromatic N) is 1. The number of fused-ring (bicyclic) bond motifs is 30. The molecule has 0 fully saturated rings. The van der Waals surface area contributed by atoms with E-state index in [4.69, 9.17) is 17.7 Å². The van der Waals surface area contributed by atoms with E-state index in [2.05, 4.69) is 227 Å². The van der Waals surface area contributed by atoms with Crippen molar-refractivity contribution in [2.75, 3.05) is 0 Å². The highest BCUT2D eigenvalue weighted by Crippen LogP contribution is 2.51. The fourth-order valence-corrected chi connectivity index (χ4v) is 14.2. The summed E-state index contributed by atoms with van der Waals surface area (Å²) in [4.78, 5) is 0. The van der Waals surface area contributed by atoms with Crippen LogP contribution in [-0.2, 0) is 6.42 Å². The van der Waals surface area contributed by atoms with E-state index in [-0.39, 0.29) is 0 Å². The van der Waals surface area contributed by atoms with Crippen LogP contribution >= 0.6 is 15.9 Å². The molecular formula is C77H44BrNO4. The van der Waals surface area contributed by atoms with Crippen LogP contribution in [-0.4, -0.2) is 4.57 Å².